The summed E-state index contributed by atoms with van der Waals surface area (Å²) in [6.07, 6.45) is 0.477. The van der Waals surface area contributed by atoms with Gasteiger partial charge in [0.25, 0.3) is 5.91 Å². The van der Waals surface area contributed by atoms with Crippen LogP contribution in [0.3, 0.4) is 0 Å². The van der Waals surface area contributed by atoms with E-state index in [0.717, 1.165) is 0 Å². The Morgan fingerprint density at radius 1 is 1.33 bits per heavy atom. The minimum Gasteiger partial charge on any atom is -0.378 e. The van der Waals surface area contributed by atoms with Crippen LogP contribution in [0.5, 0.6) is 0 Å². The van der Waals surface area contributed by atoms with Gasteiger partial charge in [0.15, 0.2) is 9.84 Å². The number of amides is 1. The zero-order valence-electron chi connectivity index (χ0n) is 13.9. The second-order valence-corrected chi connectivity index (χ2v) is 8.50. The molecule has 1 aromatic rings. The molecule has 1 amide bonds. The van der Waals surface area contributed by atoms with Crippen LogP contribution in [-0.4, -0.2) is 80.1 Å². The molecule has 8 nitrogen and oxygen atoms in total. The van der Waals surface area contributed by atoms with Gasteiger partial charge >= 0.3 is 0 Å². The molecule has 0 aliphatic carbocycles. The standard InChI is InChI=1S/C15H22N4O4S/c1-11-9-13(17-15(16-11)19-4-6-23-7-5-19)14(20)18(2)12-3-8-24(21,22)10-12/h9,12H,3-8,10H2,1-2H3. The topological polar surface area (TPSA) is 92.7 Å². The van der Waals surface area contributed by atoms with Crippen LogP contribution in [0.15, 0.2) is 6.07 Å². The number of aryl methyl sites for hydroxylation is 1. The Balaban J connectivity index is 1.80. The Morgan fingerprint density at radius 3 is 2.67 bits per heavy atom. The van der Waals surface area contributed by atoms with Gasteiger partial charge in [-0.1, -0.05) is 0 Å². The van der Waals surface area contributed by atoms with Gasteiger partial charge in [-0.05, 0) is 19.4 Å². The average Bonchev–Trinajstić information content (AvgIpc) is 2.93. The van der Waals surface area contributed by atoms with Crippen LogP contribution < -0.4 is 4.90 Å². The largest absolute Gasteiger partial charge is 0.378 e. The van der Waals surface area contributed by atoms with E-state index < -0.39 is 9.84 Å². The fourth-order valence-corrected chi connectivity index (χ4v) is 4.77. The fourth-order valence-electron chi connectivity index (χ4n) is 2.99. The quantitative estimate of drug-likeness (QED) is 0.747. The van der Waals surface area contributed by atoms with E-state index in [0.29, 0.717) is 50.1 Å². The van der Waals surface area contributed by atoms with Crippen LogP contribution in [-0.2, 0) is 14.6 Å². The number of aromatic nitrogens is 2. The van der Waals surface area contributed by atoms with Crippen LogP contribution in [0.4, 0.5) is 5.95 Å². The number of nitrogens with zero attached hydrogens (tertiary/aromatic N) is 4. The summed E-state index contributed by atoms with van der Waals surface area (Å²) in [4.78, 5) is 25.0. The molecule has 3 rings (SSSR count). The summed E-state index contributed by atoms with van der Waals surface area (Å²) in [5.41, 5.74) is 1.01. The van der Waals surface area contributed by atoms with Crippen molar-refractivity contribution in [1.29, 1.82) is 0 Å². The van der Waals surface area contributed by atoms with Crippen LogP contribution in [0, 0.1) is 6.92 Å². The predicted molar refractivity (Wildman–Crippen MR) is 89.0 cm³/mol. The average molecular weight is 354 g/mol. The maximum atomic E-state index is 12.7. The third kappa shape index (κ3) is 3.67. The highest BCUT2D eigenvalue weighted by Gasteiger charge is 2.33. The molecular weight excluding hydrogens is 332 g/mol. The maximum Gasteiger partial charge on any atom is 0.272 e. The highest BCUT2D eigenvalue weighted by atomic mass is 32.2. The van der Waals surface area contributed by atoms with Gasteiger partial charge < -0.3 is 14.5 Å². The molecule has 1 atom stereocenters. The molecule has 132 valence electrons. The number of rotatable bonds is 3. The number of sulfone groups is 1. The van der Waals surface area contributed by atoms with Crippen molar-refractivity contribution in [3.63, 3.8) is 0 Å². The van der Waals surface area contributed by atoms with Crippen molar-refractivity contribution in [2.75, 3.05) is 49.8 Å². The fraction of sp³-hybridized carbons (Fsp3) is 0.667. The molecule has 0 bridgehead atoms. The molecule has 2 saturated heterocycles. The lowest BCUT2D eigenvalue weighted by Gasteiger charge is -2.28. The van der Waals surface area contributed by atoms with Gasteiger partial charge in [-0.15, -0.1) is 0 Å². The van der Waals surface area contributed by atoms with E-state index in [2.05, 4.69) is 9.97 Å². The van der Waals surface area contributed by atoms with Crippen molar-refractivity contribution in [3.8, 4) is 0 Å². The lowest BCUT2D eigenvalue weighted by atomic mass is 10.2. The molecule has 2 aliphatic heterocycles. The molecule has 3 heterocycles. The summed E-state index contributed by atoms with van der Waals surface area (Å²) in [7, 11) is -1.40. The van der Waals surface area contributed by atoms with E-state index in [-0.39, 0.29) is 23.5 Å². The minimum atomic E-state index is -3.04. The summed E-state index contributed by atoms with van der Waals surface area (Å²) in [5.74, 6) is 0.415. The van der Waals surface area contributed by atoms with Crippen molar-refractivity contribution in [2.24, 2.45) is 0 Å². The summed E-state index contributed by atoms with van der Waals surface area (Å²) in [5, 5.41) is 0. The van der Waals surface area contributed by atoms with Crippen LogP contribution in [0.2, 0.25) is 0 Å². The van der Waals surface area contributed by atoms with Gasteiger partial charge in [0.1, 0.15) is 5.69 Å². The Bertz CT molecular complexity index is 731. The first kappa shape index (κ1) is 17.1. The molecule has 1 aromatic heterocycles. The Hall–Kier alpha value is -1.74. The summed E-state index contributed by atoms with van der Waals surface area (Å²) in [6, 6.07) is 1.36. The van der Waals surface area contributed by atoms with E-state index in [4.69, 9.17) is 4.74 Å². The SMILES string of the molecule is Cc1cc(C(=O)N(C)C2CCS(=O)(=O)C2)nc(N2CCOCC2)n1. The van der Waals surface area contributed by atoms with Crippen molar-refractivity contribution in [3.05, 3.63) is 17.5 Å². The highest BCUT2D eigenvalue weighted by molar-refractivity contribution is 7.91. The van der Waals surface area contributed by atoms with E-state index >= 15 is 0 Å². The molecular formula is C15H22N4O4S. The molecule has 2 aliphatic rings. The van der Waals surface area contributed by atoms with Gasteiger partial charge in [-0.2, -0.15) is 0 Å². The van der Waals surface area contributed by atoms with Crippen molar-refractivity contribution in [1.82, 2.24) is 14.9 Å². The highest BCUT2D eigenvalue weighted by Crippen LogP contribution is 2.19. The first-order valence-corrected chi connectivity index (χ1v) is 9.84. The summed E-state index contributed by atoms with van der Waals surface area (Å²) in [6.45, 7) is 4.42. The van der Waals surface area contributed by atoms with E-state index in [1.54, 1.807) is 13.1 Å². The predicted octanol–water partition coefficient (Wildman–Crippen LogP) is -0.119. The zero-order valence-corrected chi connectivity index (χ0v) is 14.8. The van der Waals surface area contributed by atoms with Gasteiger partial charge in [-0.3, -0.25) is 4.79 Å². The Kier molecular flexibility index (Phi) is 4.73. The zero-order chi connectivity index (χ0) is 17.3. The van der Waals surface area contributed by atoms with Crippen LogP contribution in [0.1, 0.15) is 22.6 Å². The van der Waals surface area contributed by atoms with Crippen molar-refractivity contribution >= 4 is 21.7 Å². The number of anilines is 1. The number of carbonyl (C=O) groups is 1. The van der Waals surface area contributed by atoms with Crippen LogP contribution >= 0.6 is 0 Å². The monoisotopic (exact) mass is 354 g/mol. The van der Waals surface area contributed by atoms with Gasteiger partial charge in [0.05, 0.1) is 24.7 Å². The van der Waals surface area contributed by atoms with E-state index in [1.165, 1.54) is 4.90 Å². The third-order valence-corrected chi connectivity index (χ3v) is 6.18. The number of hydrogen-bond acceptors (Lipinski definition) is 7. The Morgan fingerprint density at radius 2 is 2.04 bits per heavy atom. The summed E-state index contributed by atoms with van der Waals surface area (Å²) < 4.78 is 28.6. The maximum absolute atomic E-state index is 12.7. The second-order valence-electron chi connectivity index (χ2n) is 6.27. The molecule has 9 heteroatoms. The molecule has 24 heavy (non-hydrogen) atoms. The lowest BCUT2D eigenvalue weighted by molar-refractivity contribution is 0.0741. The van der Waals surface area contributed by atoms with Gasteiger partial charge in [0.2, 0.25) is 5.95 Å². The molecule has 0 spiro atoms. The first-order valence-electron chi connectivity index (χ1n) is 8.02. The Labute approximate surface area is 141 Å². The van der Waals surface area contributed by atoms with E-state index in [9.17, 15) is 13.2 Å². The molecule has 2 fully saturated rings. The molecule has 1 unspecified atom stereocenters. The smallest absolute Gasteiger partial charge is 0.272 e. The van der Waals surface area contributed by atoms with Crippen molar-refractivity contribution in [2.45, 2.75) is 19.4 Å². The van der Waals surface area contributed by atoms with E-state index in [1.807, 2.05) is 11.8 Å². The molecule has 0 saturated carbocycles. The number of morpholine rings is 1. The minimum absolute atomic E-state index is 0.0234. The second kappa shape index (κ2) is 6.64. The lowest BCUT2D eigenvalue weighted by Crippen LogP contribution is -2.40. The van der Waals surface area contributed by atoms with Gasteiger partial charge in [-0.25, -0.2) is 18.4 Å². The van der Waals surface area contributed by atoms with Crippen LogP contribution in [0.25, 0.3) is 0 Å². The normalized spacial score (nSPS) is 23.2. The van der Waals surface area contributed by atoms with Crippen molar-refractivity contribution < 1.29 is 17.9 Å². The number of ether oxygens (including phenoxy) is 1. The number of hydrogen-bond donors (Lipinski definition) is 0. The molecule has 0 N–H and O–H groups in total. The first-order chi connectivity index (χ1) is 11.4. The number of carbonyl (C=O) groups excluding carboxylic acids is 1. The third-order valence-electron chi connectivity index (χ3n) is 4.43. The summed E-state index contributed by atoms with van der Waals surface area (Å²) >= 11 is 0. The molecule has 0 radical (unpaired) electrons. The van der Waals surface area contributed by atoms with Gasteiger partial charge in [0, 0.05) is 31.9 Å². The molecule has 0 aromatic carbocycles.